The van der Waals surface area contributed by atoms with Crippen LogP contribution < -0.4 is 10.6 Å². The molecule has 2 aromatic rings. The zero-order valence-electron chi connectivity index (χ0n) is 16.1. The maximum absolute atomic E-state index is 12.3. The SMILES string of the molecule is Cc1ncsc1C(=O)NC1CCN(CCC(=O)Nc2ccc([N+](=O)[O-])cc2)CC1. The highest BCUT2D eigenvalue weighted by Crippen LogP contribution is 2.17. The molecule has 0 bridgehead atoms. The third kappa shape index (κ3) is 5.81. The van der Waals surface area contributed by atoms with Gasteiger partial charge in [-0.25, -0.2) is 4.98 Å². The van der Waals surface area contributed by atoms with Gasteiger partial charge in [0.25, 0.3) is 11.6 Å². The first-order chi connectivity index (χ1) is 13.9. The number of rotatable bonds is 7. The number of benzene rings is 1. The summed E-state index contributed by atoms with van der Waals surface area (Å²) in [6.45, 7) is 4.10. The van der Waals surface area contributed by atoms with Crippen LogP contribution in [-0.2, 0) is 4.79 Å². The van der Waals surface area contributed by atoms with E-state index in [1.807, 2.05) is 6.92 Å². The van der Waals surface area contributed by atoms with E-state index in [0.717, 1.165) is 31.6 Å². The minimum atomic E-state index is -0.476. The Hall–Kier alpha value is -2.85. The molecule has 0 spiro atoms. The largest absolute Gasteiger partial charge is 0.348 e. The Morgan fingerprint density at radius 3 is 2.55 bits per heavy atom. The fourth-order valence-corrected chi connectivity index (χ4v) is 3.93. The number of thiazole rings is 1. The van der Waals surface area contributed by atoms with E-state index >= 15 is 0 Å². The summed E-state index contributed by atoms with van der Waals surface area (Å²) in [4.78, 5) is 41.5. The number of non-ortho nitro benzene ring substituents is 1. The lowest BCUT2D eigenvalue weighted by Crippen LogP contribution is -2.45. The standard InChI is InChI=1S/C19H23N5O4S/c1-13-18(29-12-20-13)19(26)22-15-6-9-23(10-7-15)11-8-17(25)21-14-2-4-16(5-3-14)24(27)28/h2-5,12,15H,6-11H2,1H3,(H,21,25)(H,22,26). The van der Waals surface area contributed by atoms with Gasteiger partial charge in [-0.2, -0.15) is 0 Å². The van der Waals surface area contributed by atoms with E-state index in [1.165, 1.54) is 35.6 Å². The lowest BCUT2D eigenvalue weighted by atomic mass is 10.0. The number of likely N-dealkylation sites (tertiary alicyclic amines) is 1. The molecule has 0 radical (unpaired) electrons. The Kier molecular flexibility index (Phi) is 6.89. The quantitative estimate of drug-likeness (QED) is 0.528. The number of hydrogen-bond donors (Lipinski definition) is 2. The van der Waals surface area contributed by atoms with Gasteiger partial charge >= 0.3 is 0 Å². The number of hydrogen-bond acceptors (Lipinski definition) is 7. The van der Waals surface area contributed by atoms with Crippen LogP contribution in [0.4, 0.5) is 11.4 Å². The fourth-order valence-electron chi connectivity index (χ4n) is 3.22. The Balaban J connectivity index is 1.37. The minimum absolute atomic E-state index is 0.0107. The Morgan fingerprint density at radius 1 is 1.28 bits per heavy atom. The molecule has 0 unspecified atom stereocenters. The van der Waals surface area contributed by atoms with Crippen molar-refractivity contribution >= 4 is 34.5 Å². The van der Waals surface area contributed by atoms with E-state index in [1.54, 1.807) is 5.51 Å². The van der Waals surface area contributed by atoms with Crippen LogP contribution in [0.15, 0.2) is 29.8 Å². The third-order valence-electron chi connectivity index (χ3n) is 4.89. The minimum Gasteiger partial charge on any atom is -0.348 e. The smallest absolute Gasteiger partial charge is 0.269 e. The topological polar surface area (TPSA) is 117 Å². The van der Waals surface area contributed by atoms with Crippen LogP contribution in [0.2, 0.25) is 0 Å². The molecular formula is C19H23N5O4S. The molecule has 2 heterocycles. The van der Waals surface area contributed by atoms with Gasteiger partial charge in [0.1, 0.15) is 4.88 Å². The molecule has 3 rings (SSSR count). The van der Waals surface area contributed by atoms with E-state index in [2.05, 4.69) is 20.5 Å². The van der Waals surface area contributed by atoms with Gasteiger partial charge in [-0.15, -0.1) is 11.3 Å². The average molecular weight is 417 g/mol. The first kappa shape index (κ1) is 20.9. The molecule has 1 aromatic heterocycles. The summed E-state index contributed by atoms with van der Waals surface area (Å²) in [5.41, 5.74) is 2.96. The van der Waals surface area contributed by atoms with Crippen LogP contribution in [0.5, 0.6) is 0 Å². The first-order valence-electron chi connectivity index (χ1n) is 9.40. The van der Waals surface area contributed by atoms with Gasteiger partial charge in [0.15, 0.2) is 0 Å². The normalized spacial score (nSPS) is 15.1. The number of nitro benzene ring substituents is 1. The zero-order chi connectivity index (χ0) is 20.8. The number of amides is 2. The van der Waals surface area contributed by atoms with E-state index in [-0.39, 0.29) is 23.5 Å². The summed E-state index contributed by atoms with van der Waals surface area (Å²) >= 11 is 1.35. The van der Waals surface area contributed by atoms with Crippen molar-refractivity contribution in [1.29, 1.82) is 0 Å². The molecule has 1 aliphatic rings. The number of nitrogens with zero attached hydrogens (tertiary/aromatic N) is 3. The number of anilines is 1. The number of aromatic nitrogens is 1. The molecule has 1 fully saturated rings. The summed E-state index contributed by atoms with van der Waals surface area (Å²) in [6, 6.07) is 5.91. The van der Waals surface area contributed by atoms with Crippen molar-refractivity contribution in [2.45, 2.75) is 32.2 Å². The number of piperidine rings is 1. The van der Waals surface area contributed by atoms with Crippen molar-refractivity contribution in [3.05, 3.63) is 50.5 Å². The summed E-state index contributed by atoms with van der Waals surface area (Å²) in [5, 5.41) is 16.5. The fraction of sp³-hybridized carbons (Fsp3) is 0.421. The number of carbonyl (C=O) groups is 2. The molecule has 1 aliphatic heterocycles. The highest BCUT2D eigenvalue weighted by atomic mass is 32.1. The van der Waals surface area contributed by atoms with Crippen molar-refractivity contribution in [3.8, 4) is 0 Å². The molecule has 29 heavy (non-hydrogen) atoms. The monoisotopic (exact) mass is 417 g/mol. The van der Waals surface area contributed by atoms with Gasteiger partial charge in [0.05, 0.1) is 16.1 Å². The Labute approximate surface area is 172 Å². The molecule has 9 nitrogen and oxygen atoms in total. The van der Waals surface area contributed by atoms with Crippen molar-refractivity contribution in [1.82, 2.24) is 15.2 Å². The van der Waals surface area contributed by atoms with Gasteiger partial charge < -0.3 is 15.5 Å². The molecule has 1 aromatic carbocycles. The van der Waals surface area contributed by atoms with Crippen LogP contribution in [0, 0.1) is 17.0 Å². The van der Waals surface area contributed by atoms with Crippen LogP contribution in [0.3, 0.4) is 0 Å². The van der Waals surface area contributed by atoms with Crippen LogP contribution in [0.1, 0.15) is 34.6 Å². The number of nitro groups is 1. The number of aryl methyl sites for hydroxylation is 1. The second-order valence-corrected chi connectivity index (χ2v) is 7.81. The van der Waals surface area contributed by atoms with Gasteiger partial charge in [-0.3, -0.25) is 19.7 Å². The second-order valence-electron chi connectivity index (χ2n) is 6.96. The van der Waals surface area contributed by atoms with Crippen molar-refractivity contribution in [2.75, 3.05) is 25.0 Å². The second kappa shape index (κ2) is 9.57. The third-order valence-corrected chi connectivity index (χ3v) is 5.82. The van der Waals surface area contributed by atoms with Crippen LogP contribution in [0.25, 0.3) is 0 Å². The van der Waals surface area contributed by atoms with Crippen molar-refractivity contribution < 1.29 is 14.5 Å². The summed E-state index contributed by atoms with van der Waals surface area (Å²) in [7, 11) is 0. The zero-order valence-corrected chi connectivity index (χ0v) is 16.9. The van der Waals surface area contributed by atoms with E-state index < -0.39 is 4.92 Å². The van der Waals surface area contributed by atoms with Gasteiger partial charge in [-0.05, 0) is 31.9 Å². The predicted octanol–water partition coefficient (Wildman–Crippen LogP) is 2.58. The Morgan fingerprint density at radius 2 is 1.97 bits per heavy atom. The maximum atomic E-state index is 12.3. The highest BCUT2D eigenvalue weighted by Gasteiger charge is 2.22. The van der Waals surface area contributed by atoms with Gasteiger partial charge in [-0.1, -0.05) is 0 Å². The Bertz CT molecular complexity index is 875. The first-order valence-corrected chi connectivity index (χ1v) is 10.3. The average Bonchev–Trinajstić information content (AvgIpc) is 3.14. The van der Waals surface area contributed by atoms with Gasteiger partial charge in [0.2, 0.25) is 5.91 Å². The van der Waals surface area contributed by atoms with E-state index in [4.69, 9.17) is 0 Å². The van der Waals surface area contributed by atoms with Crippen molar-refractivity contribution in [2.24, 2.45) is 0 Å². The van der Waals surface area contributed by atoms with E-state index in [0.29, 0.717) is 23.5 Å². The molecule has 0 aliphatic carbocycles. The summed E-state index contributed by atoms with van der Waals surface area (Å²) in [6.07, 6.45) is 2.02. The number of nitrogens with one attached hydrogen (secondary N) is 2. The molecule has 0 saturated carbocycles. The van der Waals surface area contributed by atoms with Gasteiger partial charge in [0, 0.05) is 49.9 Å². The molecule has 0 atom stereocenters. The van der Waals surface area contributed by atoms with Crippen LogP contribution in [-0.4, -0.2) is 52.3 Å². The molecule has 2 N–H and O–H groups in total. The lowest BCUT2D eigenvalue weighted by Gasteiger charge is -2.32. The summed E-state index contributed by atoms with van der Waals surface area (Å²) in [5.74, 6) is -0.194. The molecule has 10 heteroatoms. The highest BCUT2D eigenvalue weighted by molar-refractivity contribution is 7.11. The maximum Gasteiger partial charge on any atom is 0.269 e. The van der Waals surface area contributed by atoms with E-state index in [9.17, 15) is 19.7 Å². The predicted molar refractivity (Wildman–Crippen MR) is 110 cm³/mol. The van der Waals surface area contributed by atoms with Crippen LogP contribution >= 0.6 is 11.3 Å². The molecule has 1 saturated heterocycles. The molecule has 154 valence electrons. The number of carbonyl (C=O) groups excluding carboxylic acids is 2. The molecular weight excluding hydrogens is 394 g/mol. The summed E-state index contributed by atoms with van der Waals surface area (Å²) < 4.78 is 0. The molecule has 2 amide bonds. The lowest BCUT2D eigenvalue weighted by molar-refractivity contribution is -0.384. The van der Waals surface area contributed by atoms with Crippen molar-refractivity contribution in [3.63, 3.8) is 0 Å².